The van der Waals surface area contributed by atoms with Crippen LogP contribution in [0.2, 0.25) is 0 Å². The van der Waals surface area contributed by atoms with Crippen LogP contribution in [0, 0.1) is 0 Å². The molecular formula is C12H19N3O2. The van der Waals surface area contributed by atoms with E-state index in [9.17, 15) is 9.90 Å². The number of pyridine rings is 1. The molecule has 0 saturated carbocycles. The van der Waals surface area contributed by atoms with Gasteiger partial charge in [0, 0.05) is 18.8 Å². The SMILES string of the molecule is CC(O)CN(C(=O)Nc1cccnc1)C(C)C. The summed E-state index contributed by atoms with van der Waals surface area (Å²) in [5.41, 5.74) is 0.647. The number of anilines is 1. The molecule has 0 spiro atoms. The number of amides is 2. The van der Waals surface area contributed by atoms with Gasteiger partial charge in [-0.3, -0.25) is 4.98 Å². The van der Waals surface area contributed by atoms with E-state index < -0.39 is 6.10 Å². The van der Waals surface area contributed by atoms with Crippen molar-refractivity contribution in [3.05, 3.63) is 24.5 Å². The van der Waals surface area contributed by atoms with Crippen molar-refractivity contribution < 1.29 is 9.90 Å². The van der Waals surface area contributed by atoms with E-state index in [-0.39, 0.29) is 12.1 Å². The predicted octanol–water partition coefficient (Wildman–Crippen LogP) is 1.70. The van der Waals surface area contributed by atoms with Gasteiger partial charge in [-0.15, -0.1) is 0 Å². The van der Waals surface area contributed by atoms with Gasteiger partial charge in [-0.2, -0.15) is 0 Å². The number of nitrogens with one attached hydrogen (secondary N) is 1. The molecule has 2 amide bonds. The standard InChI is InChI=1S/C12H19N3O2/c1-9(2)15(8-10(3)16)12(17)14-11-5-4-6-13-7-11/h4-7,9-10,16H,8H2,1-3H3,(H,14,17). The Bertz CT molecular complexity index is 352. The quantitative estimate of drug-likeness (QED) is 0.837. The normalized spacial score (nSPS) is 12.3. The molecule has 2 N–H and O–H groups in total. The van der Waals surface area contributed by atoms with Gasteiger partial charge in [0.25, 0.3) is 0 Å². The van der Waals surface area contributed by atoms with Crippen molar-refractivity contribution in [1.82, 2.24) is 9.88 Å². The first-order chi connectivity index (χ1) is 8.00. The summed E-state index contributed by atoms with van der Waals surface area (Å²) in [4.78, 5) is 17.5. The number of rotatable bonds is 4. The van der Waals surface area contributed by atoms with Crippen LogP contribution in [0.1, 0.15) is 20.8 Å². The first-order valence-electron chi connectivity index (χ1n) is 5.66. The fraction of sp³-hybridized carbons (Fsp3) is 0.500. The lowest BCUT2D eigenvalue weighted by Gasteiger charge is -2.28. The summed E-state index contributed by atoms with van der Waals surface area (Å²) in [6.45, 7) is 5.78. The monoisotopic (exact) mass is 237 g/mol. The molecule has 1 rings (SSSR count). The van der Waals surface area contributed by atoms with Crippen LogP contribution in [0.15, 0.2) is 24.5 Å². The number of hydrogen-bond acceptors (Lipinski definition) is 3. The maximum absolute atomic E-state index is 12.0. The molecular weight excluding hydrogens is 218 g/mol. The third-order valence-corrected chi connectivity index (χ3v) is 2.26. The molecule has 0 radical (unpaired) electrons. The van der Waals surface area contributed by atoms with E-state index in [1.165, 1.54) is 0 Å². The van der Waals surface area contributed by atoms with Crippen LogP contribution < -0.4 is 5.32 Å². The van der Waals surface area contributed by atoms with Gasteiger partial charge >= 0.3 is 6.03 Å². The second-order valence-electron chi connectivity index (χ2n) is 4.27. The van der Waals surface area contributed by atoms with Gasteiger partial charge in [0.05, 0.1) is 18.0 Å². The van der Waals surface area contributed by atoms with Crippen LogP contribution in [0.25, 0.3) is 0 Å². The Hall–Kier alpha value is -1.62. The van der Waals surface area contributed by atoms with Gasteiger partial charge < -0.3 is 15.3 Å². The Labute approximate surface area is 101 Å². The van der Waals surface area contributed by atoms with Crippen molar-refractivity contribution in [2.45, 2.75) is 32.9 Å². The molecule has 94 valence electrons. The van der Waals surface area contributed by atoms with Gasteiger partial charge in [0.2, 0.25) is 0 Å². The molecule has 0 bridgehead atoms. The smallest absolute Gasteiger partial charge is 0.322 e. The Balaban J connectivity index is 2.66. The molecule has 0 aliphatic carbocycles. The first-order valence-corrected chi connectivity index (χ1v) is 5.66. The highest BCUT2D eigenvalue weighted by atomic mass is 16.3. The molecule has 1 atom stereocenters. The summed E-state index contributed by atoms with van der Waals surface area (Å²) in [7, 11) is 0. The van der Waals surface area contributed by atoms with Gasteiger partial charge in [0.15, 0.2) is 0 Å². The second kappa shape index (κ2) is 6.20. The highest BCUT2D eigenvalue weighted by Gasteiger charge is 2.18. The van der Waals surface area contributed by atoms with Crippen LogP contribution >= 0.6 is 0 Å². The average Bonchev–Trinajstić information content (AvgIpc) is 2.26. The van der Waals surface area contributed by atoms with E-state index in [0.29, 0.717) is 12.2 Å². The van der Waals surface area contributed by atoms with Crippen LogP contribution in [0.4, 0.5) is 10.5 Å². The lowest BCUT2D eigenvalue weighted by Crippen LogP contribution is -2.43. The summed E-state index contributed by atoms with van der Waals surface area (Å²) in [5, 5.41) is 12.1. The fourth-order valence-corrected chi connectivity index (χ4v) is 1.44. The van der Waals surface area contributed by atoms with E-state index in [4.69, 9.17) is 0 Å². The first kappa shape index (κ1) is 13.4. The van der Waals surface area contributed by atoms with Crippen LogP contribution in [0.3, 0.4) is 0 Å². The maximum atomic E-state index is 12.0. The zero-order chi connectivity index (χ0) is 12.8. The molecule has 0 saturated heterocycles. The van der Waals surface area contributed by atoms with Crippen LogP contribution in [-0.2, 0) is 0 Å². The van der Waals surface area contributed by atoms with E-state index in [1.807, 2.05) is 13.8 Å². The minimum absolute atomic E-state index is 0.0290. The molecule has 1 heterocycles. The van der Waals surface area contributed by atoms with Crippen LogP contribution in [0.5, 0.6) is 0 Å². The summed E-state index contributed by atoms with van der Waals surface area (Å²) < 4.78 is 0. The predicted molar refractivity (Wildman–Crippen MR) is 66.8 cm³/mol. The Kier molecular flexibility index (Phi) is 4.90. The lowest BCUT2D eigenvalue weighted by molar-refractivity contribution is 0.125. The number of hydrogen-bond donors (Lipinski definition) is 2. The van der Waals surface area contributed by atoms with E-state index in [1.54, 1.807) is 36.4 Å². The number of aliphatic hydroxyl groups excluding tert-OH is 1. The van der Waals surface area contributed by atoms with Crippen LogP contribution in [-0.4, -0.2) is 39.7 Å². The minimum atomic E-state index is -0.544. The van der Waals surface area contributed by atoms with E-state index >= 15 is 0 Å². The number of carbonyl (C=O) groups excluding carboxylic acids is 1. The molecule has 0 aliphatic heterocycles. The Morgan fingerprint density at radius 1 is 1.53 bits per heavy atom. The molecule has 0 aromatic carbocycles. The minimum Gasteiger partial charge on any atom is -0.392 e. The van der Waals surface area contributed by atoms with Crippen molar-refractivity contribution in [2.75, 3.05) is 11.9 Å². The highest BCUT2D eigenvalue weighted by molar-refractivity contribution is 5.89. The number of aliphatic hydroxyl groups is 1. The van der Waals surface area contributed by atoms with Gasteiger partial charge in [-0.1, -0.05) is 0 Å². The third-order valence-electron chi connectivity index (χ3n) is 2.26. The van der Waals surface area contributed by atoms with Crippen molar-refractivity contribution in [3.63, 3.8) is 0 Å². The third kappa shape index (κ3) is 4.40. The number of nitrogens with zero attached hydrogens (tertiary/aromatic N) is 2. The summed E-state index contributed by atoms with van der Waals surface area (Å²) in [6, 6.07) is 3.32. The van der Waals surface area contributed by atoms with Gasteiger partial charge in [-0.05, 0) is 32.9 Å². The van der Waals surface area contributed by atoms with Gasteiger partial charge in [0.1, 0.15) is 0 Å². The Morgan fingerprint density at radius 3 is 2.71 bits per heavy atom. The molecule has 0 aliphatic rings. The van der Waals surface area contributed by atoms with Crippen molar-refractivity contribution in [3.8, 4) is 0 Å². The average molecular weight is 237 g/mol. The second-order valence-corrected chi connectivity index (χ2v) is 4.27. The maximum Gasteiger partial charge on any atom is 0.322 e. The van der Waals surface area contributed by atoms with Crippen molar-refractivity contribution >= 4 is 11.7 Å². The molecule has 5 nitrogen and oxygen atoms in total. The fourth-order valence-electron chi connectivity index (χ4n) is 1.44. The number of aromatic nitrogens is 1. The summed E-state index contributed by atoms with van der Waals surface area (Å²) in [5.74, 6) is 0. The topological polar surface area (TPSA) is 65.5 Å². The molecule has 0 fully saturated rings. The lowest BCUT2D eigenvalue weighted by atomic mass is 10.3. The zero-order valence-electron chi connectivity index (χ0n) is 10.4. The van der Waals surface area contributed by atoms with E-state index in [0.717, 1.165) is 0 Å². The van der Waals surface area contributed by atoms with Crippen molar-refractivity contribution in [2.24, 2.45) is 0 Å². The summed E-state index contributed by atoms with van der Waals surface area (Å²) >= 11 is 0. The zero-order valence-corrected chi connectivity index (χ0v) is 10.4. The van der Waals surface area contributed by atoms with E-state index in [2.05, 4.69) is 10.3 Å². The largest absolute Gasteiger partial charge is 0.392 e. The van der Waals surface area contributed by atoms with Crippen molar-refractivity contribution in [1.29, 1.82) is 0 Å². The molecule has 1 unspecified atom stereocenters. The molecule has 5 heteroatoms. The molecule has 1 aromatic rings. The molecule has 1 aromatic heterocycles. The Morgan fingerprint density at radius 2 is 2.24 bits per heavy atom. The van der Waals surface area contributed by atoms with Gasteiger partial charge in [-0.25, -0.2) is 4.79 Å². The summed E-state index contributed by atoms with van der Waals surface area (Å²) in [6.07, 6.45) is 2.68. The highest BCUT2D eigenvalue weighted by Crippen LogP contribution is 2.07. The number of carbonyl (C=O) groups is 1. The molecule has 17 heavy (non-hydrogen) atoms. The number of urea groups is 1.